The molecular weight excluding hydrogens is 509 g/mol. The van der Waals surface area contributed by atoms with Crippen LogP contribution in [0.25, 0.3) is 0 Å². The molecule has 0 spiro atoms. The predicted octanol–water partition coefficient (Wildman–Crippen LogP) is 1.79. The van der Waals surface area contributed by atoms with Crippen LogP contribution in [-0.4, -0.2) is 70.4 Å². The van der Waals surface area contributed by atoms with Crippen LogP contribution in [0.2, 0.25) is 10.0 Å². The smallest absolute Gasteiger partial charge is 0.271 e. The Kier molecular flexibility index (Phi) is 9.30. The molecule has 0 bridgehead atoms. The SMILES string of the molecule is CC(C)[C@H](N)C(=O)NCC(=O)N1CCC(NC(=O)c2[nH]ncc2NC(=O)c2c(Cl)cccc2Cl)CC1. The van der Waals surface area contributed by atoms with Gasteiger partial charge >= 0.3 is 0 Å². The van der Waals surface area contributed by atoms with Crippen molar-refractivity contribution in [3.05, 3.63) is 45.7 Å². The van der Waals surface area contributed by atoms with E-state index >= 15 is 0 Å². The maximum absolute atomic E-state index is 12.8. The molecule has 1 aliphatic rings. The molecule has 2 aromatic rings. The molecule has 194 valence electrons. The van der Waals surface area contributed by atoms with Crippen LogP contribution in [0, 0.1) is 5.92 Å². The quantitative estimate of drug-likeness (QED) is 0.344. The first-order chi connectivity index (χ1) is 17.1. The van der Waals surface area contributed by atoms with Gasteiger partial charge in [0, 0.05) is 19.1 Å². The monoisotopic (exact) mass is 537 g/mol. The second-order valence-corrected chi connectivity index (χ2v) is 9.64. The van der Waals surface area contributed by atoms with Gasteiger partial charge < -0.3 is 26.6 Å². The topological polar surface area (TPSA) is 162 Å². The minimum absolute atomic E-state index is 0.0305. The third-order valence-electron chi connectivity index (χ3n) is 5.92. The maximum atomic E-state index is 12.8. The molecule has 0 radical (unpaired) electrons. The normalized spacial score (nSPS) is 14.9. The van der Waals surface area contributed by atoms with Gasteiger partial charge in [-0.15, -0.1) is 0 Å². The number of H-pyrrole nitrogens is 1. The molecule has 1 aromatic carbocycles. The highest BCUT2D eigenvalue weighted by Crippen LogP contribution is 2.26. The predicted molar refractivity (Wildman–Crippen MR) is 136 cm³/mol. The van der Waals surface area contributed by atoms with Crippen LogP contribution < -0.4 is 21.7 Å². The second-order valence-electron chi connectivity index (χ2n) is 8.83. The number of nitrogens with one attached hydrogen (secondary N) is 4. The first-order valence-electron chi connectivity index (χ1n) is 11.5. The standard InChI is InChI=1S/C23H29Cl2N7O4/c1-12(2)19(26)22(35)27-11-17(33)32-8-6-13(7-9-32)29-23(36)20-16(10-28-31-20)30-21(34)18-14(24)4-3-5-15(18)25/h3-5,10,12-13,19H,6-9,11,26H2,1-2H3,(H,27,35)(H,28,31)(H,29,36)(H,30,34)/t19-/m0/s1. The number of hydrogen-bond donors (Lipinski definition) is 5. The van der Waals surface area contributed by atoms with Gasteiger partial charge in [0.15, 0.2) is 0 Å². The van der Waals surface area contributed by atoms with Crippen LogP contribution >= 0.6 is 23.2 Å². The second kappa shape index (κ2) is 12.2. The summed E-state index contributed by atoms with van der Waals surface area (Å²) >= 11 is 12.2. The van der Waals surface area contributed by atoms with Gasteiger partial charge in [-0.1, -0.05) is 43.1 Å². The Balaban J connectivity index is 1.50. The highest BCUT2D eigenvalue weighted by atomic mass is 35.5. The van der Waals surface area contributed by atoms with Crippen molar-refractivity contribution in [3.8, 4) is 0 Å². The zero-order chi connectivity index (χ0) is 26.4. The number of benzene rings is 1. The van der Waals surface area contributed by atoms with E-state index in [9.17, 15) is 19.2 Å². The third-order valence-corrected chi connectivity index (χ3v) is 6.55. The van der Waals surface area contributed by atoms with Crippen LogP contribution in [0.4, 0.5) is 5.69 Å². The van der Waals surface area contributed by atoms with E-state index in [0.717, 1.165) is 0 Å². The van der Waals surface area contributed by atoms with Gasteiger partial charge in [0.1, 0.15) is 5.69 Å². The van der Waals surface area contributed by atoms with Crippen molar-refractivity contribution in [2.75, 3.05) is 25.0 Å². The van der Waals surface area contributed by atoms with E-state index in [1.54, 1.807) is 11.0 Å². The molecule has 0 unspecified atom stereocenters. The van der Waals surface area contributed by atoms with Crippen LogP contribution in [0.15, 0.2) is 24.4 Å². The van der Waals surface area contributed by atoms with E-state index < -0.39 is 17.9 Å². The van der Waals surface area contributed by atoms with Crippen LogP contribution in [0.1, 0.15) is 47.5 Å². The molecule has 1 saturated heterocycles. The summed E-state index contributed by atoms with van der Waals surface area (Å²) in [5, 5.41) is 14.9. The lowest BCUT2D eigenvalue weighted by Gasteiger charge is -2.32. The number of rotatable bonds is 8. The summed E-state index contributed by atoms with van der Waals surface area (Å²) < 4.78 is 0. The van der Waals surface area contributed by atoms with Crippen molar-refractivity contribution < 1.29 is 19.2 Å². The molecule has 1 aliphatic heterocycles. The Morgan fingerprint density at radius 2 is 1.78 bits per heavy atom. The average Bonchev–Trinajstić information content (AvgIpc) is 3.30. The highest BCUT2D eigenvalue weighted by Gasteiger charge is 2.27. The van der Waals surface area contributed by atoms with E-state index in [1.165, 1.54) is 18.3 Å². The van der Waals surface area contributed by atoms with Crippen molar-refractivity contribution in [3.63, 3.8) is 0 Å². The summed E-state index contributed by atoms with van der Waals surface area (Å²) in [5.41, 5.74) is 6.14. The molecule has 36 heavy (non-hydrogen) atoms. The summed E-state index contributed by atoms with van der Waals surface area (Å²) in [4.78, 5) is 51.5. The van der Waals surface area contributed by atoms with E-state index in [-0.39, 0.29) is 57.3 Å². The molecule has 0 saturated carbocycles. The van der Waals surface area contributed by atoms with Gasteiger partial charge in [0.2, 0.25) is 11.8 Å². The number of hydrogen-bond acceptors (Lipinski definition) is 6. The number of amides is 4. The number of carbonyl (C=O) groups excluding carboxylic acids is 4. The summed E-state index contributed by atoms with van der Waals surface area (Å²) in [7, 11) is 0. The number of anilines is 1. The van der Waals surface area contributed by atoms with Crippen LogP contribution in [-0.2, 0) is 9.59 Å². The highest BCUT2D eigenvalue weighted by molar-refractivity contribution is 6.40. The fourth-order valence-corrected chi connectivity index (χ4v) is 4.25. The Hall–Kier alpha value is -3.15. The lowest BCUT2D eigenvalue weighted by molar-refractivity contribution is -0.134. The number of likely N-dealkylation sites (tertiary alicyclic amines) is 1. The molecule has 1 atom stereocenters. The van der Waals surface area contributed by atoms with Gasteiger partial charge in [-0.05, 0) is 30.9 Å². The zero-order valence-electron chi connectivity index (χ0n) is 19.9. The lowest BCUT2D eigenvalue weighted by Crippen LogP contribution is -2.51. The largest absolute Gasteiger partial charge is 0.348 e. The summed E-state index contributed by atoms with van der Waals surface area (Å²) in [6.07, 6.45) is 2.38. The van der Waals surface area contributed by atoms with E-state index in [2.05, 4.69) is 26.1 Å². The fraction of sp³-hybridized carbons (Fsp3) is 0.435. The van der Waals surface area contributed by atoms with Gasteiger partial charge in [-0.2, -0.15) is 5.10 Å². The number of nitrogens with zero attached hydrogens (tertiary/aromatic N) is 2. The van der Waals surface area contributed by atoms with Crippen molar-refractivity contribution in [2.24, 2.45) is 11.7 Å². The molecule has 0 aliphatic carbocycles. The van der Waals surface area contributed by atoms with E-state index in [4.69, 9.17) is 28.9 Å². The number of nitrogens with two attached hydrogens (primary N) is 1. The lowest BCUT2D eigenvalue weighted by atomic mass is 10.0. The summed E-state index contributed by atoms with van der Waals surface area (Å²) in [6.45, 7) is 4.39. The molecule has 1 fully saturated rings. The Bertz CT molecular complexity index is 1110. The first kappa shape index (κ1) is 27.4. The van der Waals surface area contributed by atoms with E-state index in [1.807, 2.05) is 13.8 Å². The number of aromatic nitrogens is 2. The average molecular weight is 538 g/mol. The van der Waals surface area contributed by atoms with E-state index in [0.29, 0.717) is 25.9 Å². The third kappa shape index (κ3) is 6.74. The number of piperidine rings is 1. The van der Waals surface area contributed by atoms with Crippen LogP contribution in [0.5, 0.6) is 0 Å². The number of aromatic amines is 1. The minimum Gasteiger partial charge on any atom is -0.348 e. The van der Waals surface area contributed by atoms with Crippen LogP contribution in [0.3, 0.4) is 0 Å². The molecule has 4 amide bonds. The molecule has 3 rings (SSSR count). The maximum Gasteiger partial charge on any atom is 0.271 e. The zero-order valence-corrected chi connectivity index (χ0v) is 21.4. The fourth-order valence-electron chi connectivity index (χ4n) is 3.68. The molecule has 1 aromatic heterocycles. The van der Waals surface area contributed by atoms with Gasteiger partial charge in [-0.25, -0.2) is 0 Å². The van der Waals surface area contributed by atoms with Gasteiger partial charge in [-0.3, -0.25) is 24.3 Å². The molecule has 6 N–H and O–H groups in total. The summed E-state index contributed by atoms with van der Waals surface area (Å²) in [5.74, 6) is -1.63. The van der Waals surface area contributed by atoms with Crippen molar-refractivity contribution in [2.45, 2.75) is 38.8 Å². The van der Waals surface area contributed by atoms with Gasteiger partial charge in [0.25, 0.3) is 11.8 Å². The first-order valence-corrected chi connectivity index (χ1v) is 12.2. The van der Waals surface area contributed by atoms with Crippen molar-refractivity contribution in [1.29, 1.82) is 0 Å². The Morgan fingerprint density at radius 1 is 1.14 bits per heavy atom. The van der Waals surface area contributed by atoms with Crippen molar-refractivity contribution >= 4 is 52.5 Å². The molecule has 11 nitrogen and oxygen atoms in total. The number of halogens is 2. The Labute approximate surface area is 218 Å². The Morgan fingerprint density at radius 3 is 2.39 bits per heavy atom. The molecule has 13 heteroatoms. The molecular formula is C23H29Cl2N7O4. The van der Waals surface area contributed by atoms with Gasteiger partial charge in [0.05, 0.1) is 40.1 Å². The molecule has 2 heterocycles. The number of carbonyl (C=O) groups is 4. The minimum atomic E-state index is -0.669. The summed E-state index contributed by atoms with van der Waals surface area (Å²) in [6, 6.07) is 3.84. The van der Waals surface area contributed by atoms with Crippen molar-refractivity contribution in [1.82, 2.24) is 25.7 Å².